The molecule has 1 saturated heterocycles. The lowest BCUT2D eigenvalue weighted by atomic mass is 9.99. The van der Waals surface area contributed by atoms with E-state index in [9.17, 15) is 21.2 Å². The number of sulfone groups is 2. The summed E-state index contributed by atoms with van der Waals surface area (Å²) in [6.45, 7) is 7.42. The lowest BCUT2D eigenvalue weighted by Crippen LogP contribution is -2.56. The minimum absolute atomic E-state index is 0.0102. The standard InChI is InChI=1S/C20H27FN4O4S2/c1-13(2)17-12-24(15-6-7-16(21)18(10-15)30(4,26)27)8-9-25(17)20-22-11-19(14(3)23-20)31(5,28)29/h6-7,10-11,13,17H,8-9,12H2,1-5H3. The van der Waals surface area contributed by atoms with E-state index in [1.54, 1.807) is 13.0 Å². The minimum atomic E-state index is -3.68. The van der Waals surface area contributed by atoms with Crippen LogP contribution in [0.25, 0.3) is 0 Å². The predicted molar refractivity (Wildman–Crippen MR) is 118 cm³/mol. The number of hydrogen-bond donors (Lipinski definition) is 0. The summed E-state index contributed by atoms with van der Waals surface area (Å²) < 4.78 is 61.5. The molecule has 2 aromatic rings. The van der Waals surface area contributed by atoms with Crippen molar-refractivity contribution >= 4 is 31.3 Å². The molecule has 31 heavy (non-hydrogen) atoms. The summed E-state index contributed by atoms with van der Waals surface area (Å²) in [7, 11) is -7.09. The van der Waals surface area contributed by atoms with Crippen LogP contribution in [-0.2, 0) is 19.7 Å². The smallest absolute Gasteiger partial charge is 0.225 e. The monoisotopic (exact) mass is 470 g/mol. The van der Waals surface area contributed by atoms with E-state index in [-0.39, 0.29) is 21.8 Å². The zero-order valence-corrected chi connectivity index (χ0v) is 19.8. The molecule has 1 aromatic heterocycles. The highest BCUT2D eigenvalue weighted by Gasteiger charge is 2.32. The highest BCUT2D eigenvalue weighted by Crippen LogP contribution is 2.28. The van der Waals surface area contributed by atoms with E-state index in [1.807, 2.05) is 9.80 Å². The second kappa shape index (κ2) is 8.34. The molecule has 0 spiro atoms. The Bertz CT molecular complexity index is 1200. The summed E-state index contributed by atoms with van der Waals surface area (Å²) in [6.07, 6.45) is 3.46. The first kappa shape index (κ1) is 23.4. The number of piperazine rings is 1. The Morgan fingerprint density at radius 2 is 1.71 bits per heavy atom. The fourth-order valence-corrected chi connectivity index (χ4v) is 5.37. The van der Waals surface area contributed by atoms with Gasteiger partial charge in [0.05, 0.1) is 17.9 Å². The Balaban J connectivity index is 1.91. The van der Waals surface area contributed by atoms with Crippen LogP contribution < -0.4 is 9.80 Å². The number of hydrogen-bond acceptors (Lipinski definition) is 8. The average molecular weight is 471 g/mol. The van der Waals surface area contributed by atoms with Crippen LogP contribution in [0.3, 0.4) is 0 Å². The zero-order chi connectivity index (χ0) is 23.1. The van der Waals surface area contributed by atoms with Gasteiger partial charge in [0, 0.05) is 37.8 Å². The summed E-state index contributed by atoms with van der Waals surface area (Å²) in [5.41, 5.74) is 1.03. The largest absolute Gasteiger partial charge is 0.368 e. The van der Waals surface area contributed by atoms with Gasteiger partial charge in [-0.25, -0.2) is 31.2 Å². The molecule has 0 aliphatic carbocycles. The average Bonchev–Trinajstić information content (AvgIpc) is 2.66. The fourth-order valence-electron chi connectivity index (χ4n) is 3.78. The second-order valence-corrected chi connectivity index (χ2v) is 12.2. The molecule has 170 valence electrons. The minimum Gasteiger partial charge on any atom is -0.368 e. The highest BCUT2D eigenvalue weighted by molar-refractivity contribution is 7.91. The third kappa shape index (κ3) is 4.98. The Hall–Kier alpha value is -2.27. The number of aryl methyl sites for hydroxylation is 1. The van der Waals surface area contributed by atoms with Gasteiger partial charge in [-0.1, -0.05) is 13.8 Å². The van der Waals surface area contributed by atoms with E-state index in [4.69, 9.17) is 0 Å². The van der Waals surface area contributed by atoms with E-state index < -0.39 is 25.5 Å². The molecule has 0 N–H and O–H groups in total. The van der Waals surface area contributed by atoms with Crippen molar-refractivity contribution < 1.29 is 21.2 Å². The molecule has 2 heterocycles. The van der Waals surface area contributed by atoms with Gasteiger partial charge in [0.25, 0.3) is 0 Å². The van der Waals surface area contributed by atoms with Crippen LogP contribution in [0.4, 0.5) is 16.0 Å². The lowest BCUT2D eigenvalue weighted by Gasteiger charge is -2.44. The van der Waals surface area contributed by atoms with Crippen LogP contribution in [0.1, 0.15) is 19.5 Å². The van der Waals surface area contributed by atoms with Gasteiger partial charge in [0.2, 0.25) is 5.95 Å². The van der Waals surface area contributed by atoms with Crippen LogP contribution >= 0.6 is 0 Å². The Labute approximate surface area is 183 Å². The molecule has 1 fully saturated rings. The zero-order valence-electron chi connectivity index (χ0n) is 18.2. The third-order valence-electron chi connectivity index (χ3n) is 5.45. The van der Waals surface area contributed by atoms with Crippen molar-refractivity contribution in [3.63, 3.8) is 0 Å². The molecule has 1 aliphatic heterocycles. The first-order valence-electron chi connectivity index (χ1n) is 9.84. The summed E-state index contributed by atoms with van der Waals surface area (Å²) in [5, 5.41) is 0. The van der Waals surface area contributed by atoms with Crippen LogP contribution in [0.15, 0.2) is 34.2 Å². The van der Waals surface area contributed by atoms with Gasteiger partial charge in [-0.2, -0.15) is 0 Å². The van der Waals surface area contributed by atoms with Gasteiger partial charge in [0.15, 0.2) is 19.7 Å². The molecule has 1 atom stereocenters. The molecule has 0 radical (unpaired) electrons. The van der Waals surface area contributed by atoms with Crippen LogP contribution in [0.2, 0.25) is 0 Å². The maximum Gasteiger partial charge on any atom is 0.225 e. The summed E-state index contributed by atoms with van der Waals surface area (Å²) in [5.74, 6) is -0.101. The van der Waals surface area contributed by atoms with E-state index in [0.717, 1.165) is 12.5 Å². The lowest BCUT2D eigenvalue weighted by molar-refractivity contribution is 0.412. The van der Waals surface area contributed by atoms with Crippen LogP contribution in [-0.4, -0.2) is 65.0 Å². The van der Waals surface area contributed by atoms with Gasteiger partial charge < -0.3 is 9.80 Å². The van der Waals surface area contributed by atoms with E-state index in [0.29, 0.717) is 37.0 Å². The number of rotatable bonds is 5. The van der Waals surface area contributed by atoms with Crippen molar-refractivity contribution in [2.75, 3.05) is 41.9 Å². The number of aromatic nitrogens is 2. The fraction of sp³-hybridized carbons (Fsp3) is 0.500. The first-order chi connectivity index (χ1) is 14.3. The topological polar surface area (TPSA) is 101 Å². The molecule has 1 unspecified atom stereocenters. The molecule has 0 saturated carbocycles. The normalized spacial score (nSPS) is 18.0. The van der Waals surface area contributed by atoms with Gasteiger partial charge in [-0.15, -0.1) is 0 Å². The molecule has 0 bridgehead atoms. The van der Waals surface area contributed by atoms with Crippen LogP contribution in [0.5, 0.6) is 0 Å². The maximum absolute atomic E-state index is 14.0. The van der Waals surface area contributed by atoms with Crippen molar-refractivity contribution in [3.05, 3.63) is 35.9 Å². The van der Waals surface area contributed by atoms with E-state index in [1.165, 1.54) is 18.3 Å². The maximum atomic E-state index is 14.0. The Kier molecular flexibility index (Phi) is 6.30. The number of nitrogens with zero attached hydrogens (tertiary/aromatic N) is 4. The molecule has 8 nitrogen and oxygen atoms in total. The first-order valence-corrected chi connectivity index (χ1v) is 13.6. The summed E-state index contributed by atoms with van der Waals surface area (Å²) in [6, 6.07) is 4.13. The number of halogens is 1. The van der Waals surface area contributed by atoms with Gasteiger partial charge >= 0.3 is 0 Å². The molecule has 3 rings (SSSR count). The highest BCUT2D eigenvalue weighted by atomic mass is 32.2. The number of anilines is 2. The van der Waals surface area contributed by atoms with Crippen LogP contribution in [0, 0.1) is 18.7 Å². The Morgan fingerprint density at radius 1 is 1.06 bits per heavy atom. The molecular weight excluding hydrogens is 443 g/mol. The quantitative estimate of drug-likeness (QED) is 0.655. The van der Waals surface area contributed by atoms with E-state index >= 15 is 0 Å². The predicted octanol–water partition coefficient (Wildman–Crippen LogP) is 2.08. The molecular formula is C20H27FN4O4S2. The summed E-state index contributed by atoms with van der Waals surface area (Å²) >= 11 is 0. The molecule has 1 aromatic carbocycles. The molecule has 0 amide bonds. The van der Waals surface area contributed by atoms with Gasteiger partial charge in [-0.3, -0.25) is 0 Å². The van der Waals surface area contributed by atoms with Gasteiger partial charge in [-0.05, 0) is 31.0 Å². The second-order valence-electron chi connectivity index (χ2n) is 8.23. The molecule has 1 aliphatic rings. The van der Waals surface area contributed by atoms with Crippen molar-refractivity contribution in [2.24, 2.45) is 5.92 Å². The number of benzene rings is 1. The van der Waals surface area contributed by atoms with Crippen molar-refractivity contribution in [3.8, 4) is 0 Å². The van der Waals surface area contributed by atoms with Crippen molar-refractivity contribution in [2.45, 2.75) is 36.6 Å². The van der Waals surface area contributed by atoms with E-state index in [2.05, 4.69) is 23.8 Å². The molecule has 11 heteroatoms. The van der Waals surface area contributed by atoms with Gasteiger partial charge in [0.1, 0.15) is 15.6 Å². The Morgan fingerprint density at radius 3 is 2.26 bits per heavy atom. The summed E-state index contributed by atoms with van der Waals surface area (Å²) in [4.78, 5) is 12.6. The van der Waals surface area contributed by atoms with Crippen molar-refractivity contribution in [1.82, 2.24) is 9.97 Å². The third-order valence-corrected chi connectivity index (χ3v) is 7.76. The van der Waals surface area contributed by atoms with Crippen molar-refractivity contribution in [1.29, 1.82) is 0 Å². The SMILES string of the molecule is Cc1nc(N2CCN(c3ccc(F)c(S(C)(=O)=O)c3)CC2C(C)C)ncc1S(C)(=O)=O.